The van der Waals surface area contributed by atoms with E-state index in [0.717, 1.165) is 34.0 Å². The number of rotatable bonds is 5. The van der Waals surface area contributed by atoms with Gasteiger partial charge in [-0.05, 0) is 55.3 Å². The number of nitrogens with one attached hydrogen (secondary N) is 1. The maximum absolute atomic E-state index is 14.6. The molecule has 2 aromatic carbocycles. The topological polar surface area (TPSA) is 56.2 Å². The fraction of sp³-hybridized carbons (Fsp3) is 0.273. The summed E-state index contributed by atoms with van der Waals surface area (Å²) >= 11 is 1.46. The van der Waals surface area contributed by atoms with E-state index < -0.39 is 0 Å². The Labute approximate surface area is 173 Å². The van der Waals surface area contributed by atoms with Crippen molar-refractivity contribution >= 4 is 23.4 Å². The van der Waals surface area contributed by atoms with E-state index in [9.17, 15) is 9.18 Å². The second-order valence-corrected chi connectivity index (χ2v) is 8.13. The van der Waals surface area contributed by atoms with Crippen LogP contribution in [0.5, 0.6) is 0 Å². The molecule has 0 bridgehead atoms. The molecule has 1 amide bonds. The number of halogens is 1. The lowest BCUT2D eigenvalue weighted by Gasteiger charge is -2.21. The van der Waals surface area contributed by atoms with Crippen molar-refractivity contribution in [3.05, 3.63) is 60.5 Å². The third-order valence-corrected chi connectivity index (χ3v) is 5.95. The first kappa shape index (κ1) is 19.7. The number of hydrogen-bond donors (Lipinski definition) is 1. The SMILES string of the molecule is Cn1nccc1-c1ccc(Sc2cccc(NC(=O)C3CCOCC3)c2)cc1F. The predicted octanol–water partition coefficient (Wildman–Crippen LogP) is 4.74. The van der Waals surface area contributed by atoms with E-state index in [4.69, 9.17) is 4.74 Å². The molecule has 0 unspecified atom stereocenters. The molecular formula is C22H22FN3O2S. The van der Waals surface area contributed by atoms with E-state index in [1.54, 1.807) is 30.1 Å². The van der Waals surface area contributed by atoms with Crippen molar-refractivity contribution in [2.75, 3.05) is 18.5 Å². The van der Waals surface area contributed by atoms with Gasteiger partial charge in [0.15, 0.2) is 0 Å². The second kappa shape index (κ2) is 8.80. The molecule has 4 rings (SSSR count). The summed E-state index contributed by atoms with van der Waals surface area (Å²) in [5.41, 5.74) is 2.00. The highest BCUT2D eigenvalue weighted by Crippen LogP contribution is 2.33. The normalized spacial score (nSPS) is 14.7. The number of ether oxygens (including phenoxy) is 1. The van der Waals surface area contributed by atoms with Crippen molar-refractivity contribution in [2.45, 2.75) is 22.6 Å². The van der Waals surface area contributed by atoms with Gasteiger partial charge in [-0.1, -0.05) is 17.8 Å². The average Bonchev–Trinajstić information content (AvgIpc) is 3.15. The van der Waals surface area contributed by atoms with Crippen LogP contribution in [0.15, 0.2) is 64.5 Å². The monoisotopic (exact) mass is 411 g/mol. The minimum Gasteiger partial charge on any atom is -0.381 e. The number of anilines is 1. The zero-order valence-corrected chi connectivity index (χ0v) is 16.9. The van der Waals surface area contributed by atoms with Crippen LogP contribution in [0.1, 0.15) is 12.8 Å². The number of aromatic nitrogens is 2. The van der Waals surface area contributed by atoms with Crippen LogP contribution in [0, 0.1) is 11.7 Å². The largest absolute Gasteiger partial charge is 0.381 e. The van der Waals surface area contributed by atoms with Crippen molar-refractivity contribution in [1.82, 2.24) is 9.78 Å². The number of amides is 1. The van der Waals surface area contributed by atoms with Crippen molar-refractivity contribution in [2.24, 2.45) is 13.0 Å². The number of carbonyl (C=O) groups is 1. The summed E-state index contributed by atoms with van der Waals surface area (Å²) in [5.74, 6) is -0.265. The van der Waals surface area contributed by atoms with Gasteiger partial charge >= 0.3 is 0 Å². The van der Waals surface area contributed by atoms with E-state index in [2.05, 4.69) is 10.4 Å². The first-order chi connectivity index (χ1) is 14.1. The van der Waals surface area contributed by atoms with Gasteiger partial charge in [0.1, 0.15) is 5.82 Å². The van der Waals surface area contributed by atoms with Gasteiger partial charge in [0, 0.05) is 53.4 Å². The molecule has 1 saturated heterocycles. The van der Waals surface area contributed by atoms with Crippen LogP contribution in [0.2, 0.25) is 0 Å². The Morgan fingerprint density at radius 2 is 1.97 bits per heavy atom. The Balaban J connectivity index is 1.46. The highest BCUT2D eigenvalue weighted by atomic mass is 32.2. The van der Waals surface area contributed by atoms with Crippen LogP contribution in [-0.4, -0.2) is 28.9 Å². The molecule has 0 saturated carbocycles. The van der Waals surface area contributed by atoms with Gasteiger partial charge in [0.25, 0.3) is 0 Å². The molecule has 5 nitrogen and oxygen atoms in total. The maximum Gasteiger partial charge on any atom is 0.227 e. The molecular weight excluding hydrogens is 389 g/mol. The number of hydrogen-bond acceptors (Lipinski definition) is 4. The van der Waals surface area contributed by atoms with Gasteiger partial charge in [-0.15, -0.1) is 0 Å². The molecule has 0 spiro atoms. The molecule has 150 valence electrons. The standard InChI is InChI=1S/C22H22FN3O2S/c1-26-21(7-10-24-26)19-6-5-18(14-20(19)23)29-17-4-2-3-16(13-17)25-22(27)15-8-11-28-12-9-15/h2-7,10,13-15H,8-9,11-12H2,1H3,(H,25,27). The Kier molecular flexibility index (Phi) is 5.97. The van der Waals surface area contributed by atoms with Crippen LogP contribution in [0.25, 0.3) is 11.3 Å². The number of benzene rings is 2. The fourth-order valence-electron chi connectivity index (χ4n) is 3.38. The summed E-state index contributed by atoms with van der Waals surface area (Å²) in [5, 5.41) is 7.09. The van der Waals surface area contributed by atoms with Crippen LogP contribution in [0.4, 0.5) is 10.1 Å². The summed E-state index contributed by atoms with van der Waals surface area (Å²) in [7, 11) is 1.79. The summed E-state index contributed by atoms with van der Waals surface area (Å²) in [4.78, 5) is 14.2. The van der Waals surface area contributed by atoms with E-state index >= 15 is 0 Å². The molecule has 1 aromatic heterocycles. The highest BCUT2D eigenvalue weighted by Gasteiger charge is 2.21. The van der Waals surface area contributed by atoms with Gasteiger partial charge < -0.3 is 10.1 Å². The summed E-state index contributed by atoms with van der Waals surface area (Å²) in [6.45, 7) is 1.27. The molecule has 0 aliphatic carbocycles. The Hall–Kier alpha value is -2.64. The molecule has 1 aliphatic rings. The Morgan fingerprint density at radius 1 is 1.17 bits per heavy atom. The summed E-state index contributed by atoms with van der Waals surface area (Å²) < 4.78 is 21.6. The van der Waals surface area contributed by atoms with Crippen molar-refractivity contribution in [3.8, 4) is 11.3 Å². The molecule has 1 aliphatic heterocycles. The van der Waals surface area contributed by atoms with E-state index in [0.29, 0.717) is 18.8 Å². The quantitative estimate of drug-likeness (QED) is 0.659. The van der Waals surface area contributed by atoms with Crippen molar-refractivity contribution in [3.63, 3.8) is 0 Å². The first-order valence-corrected chi connectivity index (χ1v) is 10.4. The van der Waals surface area contributed by atoms with Crippen LogP contribution in [0.3, 0.4) is 0 Å². The lowest BCUT2D eigenvalue weighted by atomic mass is 9.99. The molecule has 2 heterocycles. The first-order valence-electron chi connectivity index (χ1n) is 9.54. The second-order valence-electron chi connectivity index (χ2n) is 6.99. The minimum absolute atomic E-state index is 0.00583. The van der Waals surface area contributed by atoms with Crippen molar-refractivity contribution in [1.29, 1.82) is 0 Å². The molecule has 29 heavy (non-hydrogen) atoms. The van der Waals surface area contributed by atoms with Crippen LogP contribution in [-0.2, 0) is 16.6 Å². The lowest BCUT2D eigenvalue weighted by molar-refractivity contribution is -0.122. The molecule has 1 N–H and O–H groups in total. The zero-order valence-electron chi connectivity index (χ0n) is 16.1. The molecule has 1 fully saturated rings. The minimum atomic E-state index is -0.289. The number of carbonyl (C=O) groups excluding carboxylic acids is 1. The van der Waals surface area contributed by atoms with Crippen molar-refractivity contribution < 1.29 is 13.9 Å². The zero-order chi connectivity index (χ0) is 20.2. The van der Waals surface area contributed by atoms with E-state index in [-0.39, 0.29) is 17.6 Å². The van der Waals surface area contributed by atoms with Gasteiger partial charge in [0.2, 0.25) is 5.91 Å². The summed E-state index contributed by atoms with van der Waals surface area (Å²) in [6.07, 6.45) is 3.16. The van der Waals surface area contributed by atoms with Gasteiger partial charge in [-0.3, -0.25) is 9.48 Å². The Morgan fingerprint density at radius 3 is 2.69 bits per heavy atom. The average molecular weight is 412 g/mol. The van der Waals surface area contributed by atoms with E-state index in [1.165, 1.54) is 17.8 Å². The number of nitrogens with zero attached hydrogens (tertiary/aromatic N) is 2. The highest BCUT2D eigenvalue weighted by molar-refractivity contribution is 7.99. The lowest BCUT2D eigenvalue weighted by Crippen LogP contribution is -2.28. The molecule has 0 radical (unpaired) electrons. The van der Waals surface area contributed by atoms with Crippen LogP contribution < -0.4 is 5.32 Å². The third kappa shape index (κ3) is 4.68. The Bertz CT molecular complexity index is 1010. The van der Waals surface area contributed by atoms with Gasteiger partial charge in [-0.2, -0.15) is 5.10 Å². The van der Waals surface area contributed by atoms with E-state index in [1.807, 2.05) is 30.3 Å². The molecule has 3 aromatic rings. The third-order valence-electron chi connectivity index (χ3n) is 4.97. The molecule has 7 heteroatoms. The maximum atomic E-state index is 14.6. The van der Waals surface area contributed by atoms with Gasteiger partial charge in [-0.25, -0.2) is 4.39 Å². The summed E-state index contributed by atoms with van der Waals surface area (Å²) in [6, 6.07) is 14.6. The fourth-order valence-corrected chi connectivity index (χ4v) is 4.29. The van der Waals surface area contributed by atoms with Crippen LogP contribution >= 0.6 is 11.8 Å². The smallest absolute Gasteiger partial charge is 0.227 e. The predicted molar refractivity (Wildman–Crippen MR) is 111 cm³/mol. The number of aryl methyl sites for hydroxylation is 1. The molecule has 0 atom stereocenters. The van der Waals surface area contributed by atoms with Gasteiger partial charge in [0.05, 0.1) is 5.69 Å².